The molecule has 0 aromatic carbocycles. The van der Waals surface area contributed by atoms with Gasteiger partial charge >= 0.3 is 0 Å². The first kappa shape index (κ1) is 17.2. The fourth-order valence-corrected chi connectivity index (χ4v) is 2.93. The molecule has 0 bridgehead atoms. The number of ether oxygens (including phenoxy) is 1. The van der Waals surface area contributed by atoms with Crippen LogP contribution in [0, 0.1) is 0 Å². The van der Waals surface area contributed by atoms with E-state index in [1.807, 2.05) is 0 Å². The van der Waals surface area contributed by atoms with Crippen molar-refractivity contribution in [2.75, 3.05) is 49.0 Å². The molecule has 1 aliphatic rings. The second-order valence-electron chi connectivity index (χ2n) is 5.98. The van der Waals surface area contributed by atoms with Crippen LogP contribution in [0.2, 0.25) is 0 Å². The number of hydrogen-bond donors (Lipinski definition) is 4. The maximum absolute atomic E-state index is 12.6. The highest BCUT2D eigenvalue weighted by Crippen LogP contribution is 2.26. The number of pyridine rings is 1. The van der Waals surface area contributed by atoms with Gasteiger partial charge in [-0.15, -0.1) is 0 Å². The first-order chi connectivity index (χ1) is 13.2. The summed E-state index contributed by atoms with van der Waals surface area (Å²) in [6.45, 7) is 2.72. The first-order valence-electron chi connectivity index (χ1n) is 8.62. The van der Waals surface area contributed by atoms with Crippen LogP contribution >= 0.6 is 0 Å². The third kappa shape index (κ3) is 3.66. The van der Waals surface area contributed by atoms with Crippen LogP contribution in [0.4, 0.5) is 17.5 Å². The van der Waals surface area contributed by atoms with Crippen molar-refractivity contribution in [3.05, 3.63) is 36.3 Å². The number of amides is 1. The Bertz CT molecular complexity index is 937. The van der Waals surface area contributed by atoms with Crippen LogP contribution in [-0.2, 0) is 4.74 Å². The smallest absolute Gasteiger partial charge is 0.272 e. The van der Waals surface area contributed by atoms with Gasteiger partial charge in [-0.3, -0.25) is 15.2 Å². The number of hydrogen-bond acceptors (Lipinski definition) is 8. The van der Waals surface area contributed by atoms with Gasteiger partial charge in [0.05, 0.1) is 30.6 Å². The van der Waals surface area contributed by atoms with Crippen molar-refractivity contribution in [1.29, 1.82) is 0 Å². The molecule has 27 heavy (non-hydrogen) atoms. The van der Waals surface area contributed by atoms with E-state index in [4.69, 9.17) is 4.74 Å². The zero-order valence-corrected chi connectivity index (χ0v) is 14.8. The largest absolute Gasteiger partial charge is 0.378 e. The molecule has 1 fully saturated rings. The molecule has 1 amide bonds. The number of aromatic nitrogens is 4. The Labute approximate surface area is 155 Å². The number of rotatable bonds is 5. The van der Waals surface area contributed by atoms with Crippen molar-refractivity contribution in [1.82, 2.24) is 25.4 Å². The molecule has 3 aromatic heterocycles. The molecule has 1 saturated heterocycles. The SMILES string of the molecule is CNNc1nc(N2CCOCC2)c2[nH]c(C(=O)Nc3cccnc3)cc2n1. The lowest BCUT2D eigenvalue weighted by Crippen LogP contribution is -2.37. The number of H-pyrrole nitrogens is 1. The summed E-state index contributed by atoms with van der Waals surface area (Å²) in [6.07, 6.45) is 3.24. The van der Waals surface area contributed by atoms with E-state index < -0.39 is 0 Å². The molecule has 3 aromatic rings. The molecule has 0 aliphatic carbocycles. The Hall–Kier alpha value is -3.24. The molecule has 10 heteroatoms. The Balaban J connectivity index is 1.70. The van der Waals surface area contributed by atoms with Crippen LogP contribution in [0.25, 0.3) is 11.0 Å². The fraction of sp³-hybridized carbons (Fsp3) is 0.294. The quantitative estimate of drug-likeness (QED) is 0.492. The van der Waals surface area contributed by atoms with Gasteiger partial charge in [0, 0.05) is 26.3 Å². The van der Waals surface area contributed by atoms with E-state index in [1.165, 1.54) is 0 Å². The number of fused-ring (bicyclic) bond motifs is 1. The zero-order chi connectivity index (χ0) is 18.6. The Morgan fingerprint density at radius 2 is 2.15 bits per heavy atom. The molecule has 1 aliphatic heterocycles. The van der Waals surface area contributed by atoms with Gasteiger partial charge in [0.2, 0.25) is 5.95 Å². The van der Waals surface area contributed by atoms with E-state index in [2.05, 4.69) is 41.0 Å². The summed E-state index contributed by atoms with van der Waals surface area (Å²) in [5.74, 6) is 0.906. The number of nitrogens with zero attached hydrogens (tertiary/aromatic N) is 4. The van der Waals surface area contributed by atoms with Gasteiger partial charge in [-0.1, -0.05) is 0 Å². The monoisotopic (exact) mass is 368 g/mol. The molecule has 0 saturated carbocycles. The molecule has 0 radical (unpaired) electrons. The van der Waals surface area contributed by atoms with Crippen molar-refractivity contribution < 1.29 is 9.53 Å². The lowest BCUT2D eigenvalue weighted by molar-refractivity contribution is 0.102. The number of nitrogens with one attached hydrogen (secondary N) is 4. The Kier molecular flexibility index (Phi) is 4.81. The van der Waals surface area contributed by atoms with E-state index in [0.717, 1.165) is 24.4 Å². The molecule has 0 unspecified atom stereocenters. The summed E-state index contributed by atoms with van der Waals surface area (Å²) in [4.78, 5) is 30.9. The lowest BCUT2D eigenvalue weighted by atomic mass is 10.3. The summed E-state index contributed by atoms with van der Waals surface area (Å²) in [6, 6.07) is 5.26. The van der Waals surface area contributed by atoms with E-state index in [0.29, 0.717) is 36.1 Å². The van der Waals surface area contributed by atoms with E-state index >= 15 is 0 Å². The van der Waals surface area contributed by atoms with Gasteiger partial charge in [-0.2, -0.15) is 4.98 Å². The molecule has 140 valence electrons. The molecule has 4 heterocycles. The zero-order valence-electron chi connectivity index (χ0n) is 14.8. The van der Waals surface area contributed by atoms with Gasteiger partial charge in [0.25, 0.3) is 5.91 Å². The predicted molar refractivity (Wildman–Crippen MR) is 102 cm³/mol. The van der Waals surface area contributed by atoms with Crippen LogP contribution in [0.5, 0.6) is 0 Å². The topological polar surface area (TPSA) is 120 Å². The summed E-state index contributed by atoms with van der Waals surface area (Å²) in [5.41, 5.74) is 8.13. The molecule has 0 spiro atoms. The van der Waals surface area contributed by atoms with Crippen molar-refractivity contribution >= 4 is 34.4 Å². The van der Waals surface area contributed by atoms with Gasteiger partial charge < -0.3 is 19.9 Å². The highest BCUT2D eigenvalue weighted by Gasteiger charge is 2.21. The van der Waals surface area contributed by atoms with Crippen LogP contribution in [0.1, 0.15) is 10.5 Å². The molecule has 0 atom stereocenters. The first-order valence-corrected chi connectivity index (χ1v) is 8.62. The van der Waals surface area contributed by atoms with Gasteiger partial charge in [-0.25, -0.2) is 10.4 Å². The van der Waals surface area contributed by atoms with Crippen molar-refractivity contribution in [3.8, 4) is 0 Å². The maximum Gasteiger partial charge on any atom is 0.272 e. The highest BCUT2D eigenvalue weighted by molar-refractivity contribution is 6.06. The second kappa shape index (κ2) is 7.56. The minimum absolute atomic E-state index is 0.267. The van der Waals surface area contributed by atoms with Crippen LogP contribution in [-0.4, -0.2) is 59.2 Å². The highest BCUT2D eigenvalue weighted by atomic mass is 16.5. The minimum atomic E-state index is -0.267. The summed E-state index contributed by atoms with van der Waals surface area (Å²) in [5, 5.41) is 2.82. The predicted octanol–water partition coefficient (Wildman–Crippen LogP) is 0.988. The average Bonchev–Trinajstić information content (AvgIpc) is 3.13. The molecular formula is C17H20N8O2. The number of aromatic amines is 1. The maximum atomic E-state index is 12.6. The Morgan fingerprint density at radius 1 is 1.30 bits per heavy atom. The standard InChI is InChI=1S/C17H20N8O2/c1-18-24-17-22-12-9-13(16(26)20-11-3-2-4-19-10-11)21-14(12)15(23-17)25-5-7-27-8-6-25/h2-4,9-10,18,21H,5-8H2,1H3,(H,20,26)(H,22,23,24). The normalized spacial score (nSPS) is 14.3. The van der Waals surface area contributed by atoms with Gasteiger partial charge in [-0.05, 0) is 18.2 Å². The molecule has 10 nitrogen and oxygen atoms in total. The van der Waals surface area contributed by atoms with E-state index in [-0.39, 0.29) is 5.91 Å². The average molecular weight is 368 g/mol. The minimum Gasteiger partial charge on any atom is -0.378 e. The van der Waals surface area contributed by atoms with Crippen molar-refractivity contribution in [2.24, 2.45) is 0 Å². The van der Waals surface area contributed by atoms with E-state index in [9.17, 15) is 4.79 Å². The summed E-state index contributed by atoms with van der Waals surface area (Å²) < 4.78 is 5.43. The van der Waals surface area contributed by atoms with Gasteiger partial charge in [0.15, 0.2) is 5.82 Å². The number of carbonyl (C=O) groups is 1. The molecule has 4 N–H and O–H groups in total. The molecule has 4 rings (SSSR count). The van der Waals surface area contributed by atoms with E-state index in [1.54, 1.807) is 37.6 Å². The van der Waals surface area contributed by atoms with Crippen LogP contribution < -0.4 is 21.1 Å². The number of carbonyl (C=O) groups excluding carboxylic acids is 1. The fourth-order valence-electron chi connectivity index (χ4n) is 2.93. The molecular weight excluding hydrogens is 348 g/mol. The third-order valence-corrected chi connectivity index (χ3v) is 4.17. The van der Waals surface area contributed by atoms with Crippen LogP contribution in [0.15, 0.2) is 30.6 Å². The second-order valence-corrected chi connectivity index (χ2v) is 5.98. The van der Waals surface area contributed by atoms with Crippen molar-refractivity contribution in [2.45, 2.75) is 0 Å². The third-order valence-electron chi connectivity index (χ3n) is 4.17. The van der Waals surface area contributed by atoms with Crippen LogP contribution in [0.3, 0.4) is 0 Å². The summed E-state index contributed by atoms with van der Waals surface area (Å²) >= 11 is 0. The Morgan fingerprint density at radius 3 is 2.89 bits per heavy atom. The van der Waals surface area contributed by atoms with Gasteiger partial charge in [0.1, 0.15) is 11.2 Å². The number of morpholine rings is 1. The number of hydrazine groups is 1. The lowest BCUT2D eigenvalue weighted by Gasteiger charge is -2.28. The van der Waals surface area contributed by atoms with Crippen molar-refractivity contribution in [3.63, 3.8) is 0 Å². The number of anilines is 3. The summed E-state index contributed by atoms with van der Waals surface area (Å²) in [7, 11) is 1.74.